The normalized spacial score (nSPS) is 27.0. The Kier molecular flexibility index (Phi) is 5.73. The van der Waals surface area contributed by atoms with E-state index in [1.54, 1.807) is 7.11 Å². The van der Waals surface area contributed by atoms with E-state index in [9.17, 15) is 4.79 Å². The highest BCUT2D eigenvalue weighted by Gasteiger charge is 2.43. The number of nitrogens with zero attached hydrogens (tertiary/aromatic N) is 1. The third-order valence-corrected chi connectivity index (χ3v) is 5.88. The third kappa shape index (κ3) is 3.96. The van der Waals surface area contributed by atoms with Crippen LogP contribution < -0.4 is 15.2 Å². The van der Waals surface area contributed by atoms with Crippen molar-refractivity contribution in [2.24, 2.45) is 11.1 Å². The number of ether oxygens (including phenoxy) is 2. The minimum atomic E-state index is -0.801. The summed E-state index contributed by atoms with van der Waals surface area (Å²) in [6.45, 7) is 4.08. The number of rotatable bonds is 7. The van der Waals surface area contributed by atoms with Crippen molar-refractivity contribution in [1.82, 2.24) is 4.90 Å². The molecule has 2 atom stereocenters. The summed E-state index contributed by atoms with van der Waals surface area (Å²) in [4.78, 5) is 13.1. The number of aliphatic carboxylic acids is 1. The van der Waals surface area contributed by atoms with E-state index in [-0.39, 0.29) is 24.0 Å². The maximum absolute atomic E-state index is 11.1. The summed E-state index contributed by atoms with van der Waals surface area (Å²) >= 11 is 0. The summed E-state index contributed by atoms with van der Waals surface area (Å²) in [6, 6.07) is 6.08. The van der Waals surface area contributed by atoms with Crippen LogP contribution in [0.1, 0.15) is 44.1 Å². The van der Waals surface area contributed by atoms with E-state index in [4.69, 9.17) is 20.3 Å². The molecule has 26 heavy (non-hydrogen) atoms. The van der Waals surface area contributed by atoms with E-state index in [1.807, 2.05) is 11.0 Å². The fourth-order valence-electron chi connectivity index (χ4n) is 4.38. The molecule has 1 heterocycles. The zero-order valence-electron chi connectivity index (χ0n) is 15.7. The van der Waals surface area contributed by atoms with Gasteiger partial charge in [-0.2, -0.15) is 0 Å². The van der Waals surface area contributed by atoms with E-state index in [0.29, 0.717) is 19.6 Å². The fourth-order valence-corrected chi connectivity index (χ4v) is 4.38. The smallest absolute Gasteiger partial charge is 0.317 e. The van der Waals surface area contributed by atoms with Crippen LogP contribution in [0.2, 0.25) is 0 Å². The van der Waals surface area contributed by atoms with Gasteiger partial charge in [-0.3, -0.25) is 9.69 Å². The van der Waals surface area contributed by atoms with Crippen LogP contribution >= 0.6 is 0 Å². The summed E-state index contributed by atoms with van der Waals surface area (Å²) in [5, 5.41) is 9.14. The number of methoxy groups -OCH3 is 1. The Hall–Kier alpha value is -1.79. The molecule has 3 rings (SSSR count). The van der Waals surface area contributed by atoms with Crippen LogP contribution in [0.4, 0.5) is 0 Å². The van der Waals surface area contributed by atoms with Crippen LogP contribution in [-0.2, 0) is 4.79 Å². The summed E-state index contributed by atoms with van der Waals surface area (Å²) in [5.41, 5.74) is 7.07. The van der Waals surface area contributed by atoms with Gasteiger partial charge in [0, 0.05) is 24.4 Å². The van der Waals surface area contributed by atoms with Crippen LogP contribution in [-0.4, -0.2) is 55.4 Å². The average Bonchev–Trinajstić information content (AvgIpc) is 3.22. The molecule has 0 unspecified atom stereocenters. The minimum absolute atomic E-state index is 0.0493. The molecule has 1 saturated carbocycles. The van der Waals surface area contributed by atoms with Crippen molar-refractivity contribution in [2.75, 3.05) is 33.3 Å². The Labute approximate surface area is 155 Å². The Balaban J connectivity index is 1.85. The minimum Gasteiger partial charge on any atom is -0.493 e. The first kappa shape index (κ1) is 19.0. The number of carboxylic acids is 1. The molecule has 1 aromatic carbocycles. The van der Waals surface area contributed by atoms with Gasteiger partial charge in [-0.15, -0.1) is 0 Å². The molecule has 0 aromatic heterocycles. The zero-order valence-corrected chi connectivity index (χ0v) is 15.7. The molecule has 0 spiro atoms. The van der Waals surface area contributed by atoms with Gasteiger partial charge in [0.05, 0.1) is 19.8 Å². The summed E-state index contributed by atoms with van der Waals surface area (Å²) < 4.78 is 11.7. The van der Waals surface area contributed by atoms with Crippen LogP contribution in [0.3, 0.4) is 0 Å². The van der Waals surface area contributed by atoms with Gasteiger partial charge < -0.3 is 20.3 Å². The molecule has 1 saturated heterocycles. The summed E-state index contributed by atoms with van der Waals surface area (Å²) in [5.74, 6) is 0.900. The molecule has 2 aliphatic rings. The highest BCUT2D eigenvalue weighted by molar-refractivity contribution is 5.69. The highest BCUT2D eigenvalue weighted by atomic mass is 16.5. The average molecular weight is 362 g/mol. The van der Waals surface area contributed by atoms with Crippen LogP contribution in [0.25, 0.3) is 0 Å². The summed E-state index contributed by atoms with van der Waals surface area (Å²) in [6.07, 6.45) is 4.86. The molecule has 144 valence electrons. The number of benzene rings is 1. The first-order valence-corrected chi connectivity index (χ1v) is 9.44. The molecule has 0 amide bonds. The van der Waals surface area contributed by atoms with E-state index in [2.05, 4.69) is 19.1 Å². The number of likely N-dealkylation sites (tertiary alicyclic amines) is 1. The molecule has 1 aliphatic carbocycles. The second-order valence-corrected chi connectivity index (χ2v) is 7.91. The van der Waals surface area contributed by atoms with Crippen molar-refractivity contribution in [1.29, 1.82) is 0 Å². The quantitative estimate of drug-likeness (QED) is 0.775. The van der Waals surface area contributed by atoms with Crippen molar-refractivity contribution >= 4 is 5.97 Å². The number of carboxylic acid groups (broad SMARTS) is 1. The molecular weight excluding hydrogens is 332 g/mol. The lowest BCUT2D eigenvalue weighted by Gasteiger charge is -2.30. The Morgan fingerprint density at radius 3 is 2.69 bits per heavy atom. The fraction of sp³-hybridized carbons (Fsp3) is 0.650. The maximum Gasteiger partial charge on any atom is 0.317 e. The molecule has 1 aliphatic heterocycles. The van der Waals surface area contributed by atoms with Crippen molar-refractivity contribution in [3.8, 4) is 11.5 Å². The number of carbonyl (C=O) groups is 1. The van der Waals surface area contributed by atoms with Gasteiger partial charge in [-0.05, 0) is 49.9 Å². The van der Waals surface area contributed by atoms with E-state index >= 15 is 0 Å². The number of hydrogen-bond donors (Lipinski definition) is 2. The van der Waals surface area contributed by atoms with Gasteiger partial charge >= 0.3 is 5.97 Å². The Morgan fingerprint density at radius 1 is 1.35 bits per heavy atom. The molecule has 0 radical (unpaired) electrons. The highest BCUT2D eigenvalue weighted by Crippen LogP contribution is 2.44. The van der Waals surface area contributed by atoms with Gasteiger partial charge in [0.15, 0.2) is 11.5 Å². The number of nitrogens with two attached hydrogens (primary N) is 1. The van der Waals surface area contributed by atoms with E-state index in [1.165, 1.54) is 12.8 Å². The lowest BCUT2D eigenvalue weighted by Crippen LogP contribution is -2.35. The molecule has 6 heteroatoms. The molecular formula is C20H30N2O4. The second-order valence-electron chi connectivity index (χ2n) is 7.91. The van der Waals surface area contributed by atoms with Gasteiger partial charge in [-0.25, -0.2) is 0 Å². The van der Waals surface area contributed by atoms with Gasteiger partial charge in [0.25, 0.3) is 0 Å². The standard InChI is InChI=1S/C20H30N2O4/c1-20(12-21)13-22(11-19(23)24)10-16(20)14-7-8-17(25-2)18(9-14)26-15-5-3-4-6-15/h7-9,15-16H,3-6,10-13,21H2,1-2H3,(H,23,24)/t16-,20+/m1/s1. The van der Waals surface area contributed by atoms with Crippen molar-refractivity contribution in [3.63, 3.8) is 0 Å². The van der Waals surface area contributed by atoms with Gasteiger partial charge in [-0.1, -0.05) is 13.0 Å². The largest absolute Gasteiger partial charge is 0.493 e. The van der Waals surface area contributed by atoms with Crippen LogP contribution in [0, 0.1) is 5.41 Å². The van der Waals surface area contributed by atoms with E-state index < -0.39 is 5.97 Å². The molecule has 0 bridgehead atoms. The van der Waals surface area contributed by atoms with Gasteiger partial charge in [0.2, 0.25) is 0 Å². The first-order valence-electron chi connectivity index (χ1n) is 9.44. The lowest BCUT2D eigenvalue weighted by atomic mass is 9.76. The molecule has 6 nitrogen and oxygen atoms in total. The van der Waals surface area contributed by atoms with Gasteiger partial charge in [0.1, 0.15) is 0 Å². The topological polar surface area (TPSA) is 85.0 Å². The van der Waals surface area contributed by atoms with Crippen LogP contribution in [0.5, 0.6) is 11.5 Å². The Morgan fingerprint density at radius 2 is 2.08 bits per heavy atom. The summed E-state index contributed by atoms with van der Waals surface area (Å²) in [7, 11) is 1.66. The molecule has 3 N–H and O–H groups in total. The second kappa shape index (κ2) is 7.84. The predicted octanol–water partition coefficient (Wildman–Crippen LogP) is 2.47. The third-order valence-electron chi connectivity index (χ3n) is 5.88. The maximum atomic E-state index is 11.1. The first-order chi connectivity index (χ1) is 12.4. The molecule has 1 aromatic rings. The van der Waals surface area contributed by atoms with Crippen molar-refractivity contribution in [3.05, 3.63) is 23.8 Å². The van der Waals surface area contributed by atoms with E-state index in [0.717, 1.165) is 29.9 Å². The monoisotopic (exact) mass is 362 g/mol. The predicted molar refractivity (Wildman–Crippen MR) is 99.9 cm³/mol. The number of hydrogen-bond acceptors (Lipinski definition) is 5. The lowest BCUT2D eigenvalue weighted by molar-refractivity contribution is -0.138. The molecule has 2 fully saturated rings. The van der Waals surface area contributed by atoms with Crippen molar-refractivity contribution < 1.29 is 19.4 Å². The van der Waals surface area contributed by atoms with Crippen LogP contribution in [0.15, 0.2) is 18.2 Å². The zero-order chi connectivity index (χ0) is 18.7. The Bertz CT molecular complexity index is 645. The SMILES string of the molecule is COc1ccc([C@H]2CN(CC(=O)O)C[C@]2(C)CN)cc1OC1CCCC1. The van der Waals surface area contributed by atoms with Crippen molar-refractivity contribution in [2.45, 2.75) is 44.6 Å².